The summed E-state index contributed by atoms with van der Waals surface area (Å²) in [5, 5.41) is 2.91. The molecule has 5 nitrogen and oxygen atoms in total. The van der Waals surface area contributed by atoms with E-state index in [1.165, 1.54) is 5.56 Å². The Balaban J connectivity index is 2.12. The summed E-state index contributed by atoms with van der Waals surface area (Å²) >= 11 is 0. The third-order valence-corrected chi connectivity index (χ3v) is 5.68. The molecule has 0 fully saturated rings. The lowest BCUT2D eigenvalue weighted by atomic mass is 9.86. The van der Waals surface area contributed by atoms with Crippen LogP contribution in [0.2, 0.25) is 0 Å². The Morgan fingerprint density at radius 3 is 2.12 bits per heavy atom. The standard InChI is InChI=1S/C27H38N2O3/c1-7-18-28-26(31)20(2)29(19-22-10-15-24(32-6)16-11-22)25(30)17-12-21-8-13-23(14-9-21)27(3,4)5/h8-11,13-16,20H,7,12,17-19H2,1-6H3,(H,28,31). The van der Waals surface area contributed by atoms with Gasteiger partial charge in [0.2, 0.25) is 11.8 Å². The van der Waals surface area contributed by atoms with Crippen LogP contribution >= 0.6 is 0 Å². The van der Waals surface area contributed by atoms with Crippen LogP contribution < -0.4 is 10.1 Å². The van der Waals surface area contributed by atoms with Crippen molar-refractivity contribution < 1.29 is 14.3 Å². The molecule has 2 aromatic carbocycles. The van der Waals surface area contributed by atoms with E-state index in [1.54, 1.807) is 18.9 Å². The van der Waals surface area contributed by atoms with Gasteiger partial charge in [-0.3, -0.25) is 9.59 Å². The second kappa shape index (κ2) is 11.7. The lowest BCUT2D eigenvalue weighted by Gasteiger charge is -2.29. The minimum absolute atomic E-state index is 0.0279. The van der Waals surface area contributed by atoms with E-state index >= 15 is 0 Å². The molecule has 1 atom stereocenters. The first-order valence-electron chi connectivity index (χ1n) is 11.4. The Kier molecular flexibility index (Phi) is 9.30. The maximum absolute atomic E-state index is 13.2. The van der Waals surface area contributed by atoms with E-state index in [9.17, 15) is 9.59 Å². The van der Waals surface area contributed by atoms with Gasteiger partial charge in [0.15, 0.2) is 0 Å². The number of nitrogens with one attached hydrogen (secondary N) is 1. The lowest BCUT2D eigenvalue weighted by Crippen LogP contribution is -2.47. The summed E-state index contributed by atoms with van der Waals surface area (Å²) in [6, 6.07) is 15.5. The normalized spacial score (nSPS) is 12.2. The molecule has 0 aliphatic rings. The minimum Gasteiger partial charge on any atom is -0.497 e. The fourth-order valence-corrected chi connectivity index (χ4v) is 3.47. The van der Waals surface area contributed by atoms with E-state index < -0.39 is 6.04 Å². The molecular formula is C27H38N2O3. The van der Waals surface area contributed by atoms with Crippen LogP contribution in [-0.2, 0) is 28.0 Å². The van der Waals surface area contributed by atoms with Gasteiger partial charge in [0.1, 0.15) is 11.8 Å². The predicted molar refractivity (Wildman–Crippen MR) is 130 cm³/mol. The van der Waals surface area contributed by atoms with Crippen LogP contribution in [0.4, 0.5) is 0 Å². The van der Waals surface area contributed by atoms with E-state index in [1.807, 2.05) is 31.2 Å². The first kappa shape index (κ1) is 25.4. The van der Waals surface area contributed by atoms with E-state index in [2.05, 4.69) is 50.4 Å². The van der Waals surface area contributed by atoms with Crippen LogP contribution in [0, 0.1) is 0 Å². The molecule has 0 aliphatic heterocycles. The molecule has 0 spiro atoms. The van der Waals surface area contributed by atoms with Crippen molar-refractivity contribution in [2.24, 2.45) is 0 Å². The number of benzene rings is 2. The molecule has 2 rings (SSSR count). The molecule has 5 heteroatoms. The van der Waals surface area contributed by atoms with Crippen molar-refractivity contribution in [2.75, 3.05) is 13.7 Å². The second-order valence-corrected chi connectivity index (χ2v) is 9.28. The van der Waals surface area contributed by atoms with Gasteiger partial charge in [-0.1, -0.05) is 64.1 Å². The fourth-order valence-electron chi connectivity index (χ4n) is 3.47. The first-order chi connectivity index (χ1) is 15.2. The number of nitrogens with zero attached hydrogens (tertiary/aromatic N) is 1. The Morgan fingerprint density at radius 2 is 1.59 bits per heavy atom. The zero-order valence-corrected chi connectivity index (χ0v) is 20.4. The third-order valence-electron chi connectivity index (χ3n) is 5.68. The van der Waals surface area contributed by atoms with Crippen LogP contribution in [0.1, 0.15) is 64.2 Å². The fraction of sp³-hybridized carbons (Fsp3) is 0.481. The maximum atomic E-state index is 13.2. The molecule has 0 radical (unpaired) electrons. The molecule has 2 aromatic rings. The highest BCUT2D eigenvalue weighted by Crippen LogP contribution is 2.23. The Morgan fingerprint density at radius 1 is 1.00 bits per heavy atom. The van der Waals surface area contributed by atoms with Crippen LogP contribution in [0.25, 0.3) is 0 Å². The van der Waals surface area contributed by atoms with Gasteiger partial charge in [-0.05, 0) is 54.0 Å². The van der Waals surface area contributed by atoms with E-state index in [4.69, 9.17) is 4.74 Å². The summed E-state index contributed by atoms with van der Waals surface area (Å²) in [5.41, 5.74) is 3.46. The maximum Gasteiger partial charge on any atom is 0.242 e. The number of carbonyl (C=O) groups is 2. The average Bonchev–Trinajstić information content (AvgIpc) is 2.79. The Bertz CT molecular complexity index is 867. The summed E-state index contributed by atoms with van der Waals surface area (Å²) in [6.45, 7) is 11.4. The molecule has 174 valence electrons. The van der Waals surface area contributed by atoms with Gasteiger partial charge in [-0.15, -0.1) is 0 Å². The largest absolute Gasteiger partial charge is 0.497 e. The molecule has 0 saturated heterocycles. The molecule has 0 heterocycles. The third kappa shape index (κ3) is 7.40. The van der Waals surface area contributed by atoms with Crippen LogP contribution in [-0.4, -0.2) is 36.4 Å². The van der Waals surface area contributed by atoms with Gasteiger partial charge in [-0.2, -0.15) is 0 Å². The minimum atomic E-state index is -0.542. The SMILES string of the molecule is CCCNC(=O)C(C)N(Cc1ccc(OC)cc1)C(=O)CCc1ccc(C(C)(C)C)cc1. The van der Waals surface area contributed by atoms with Crippen LogP contribution in [0.15, 0.2) is 48.5 Å². The number of carbonyl (C=O) groups excluding carboxylic acids is 2. The van der Waals surface area contributed by atoms with Crippen molar-refractivity contribution in [3.05, 3.63) is 65.2 Å². The molecule has 0 bridgehead atoms. The molecule has 0 aliphatic carbocycles. The van der Waals surface area contributed by atoms with Crippen LogP contribution in [0.5, 0.6) is 5.75 Å². The smallest absolute Gasteiger partial charge is 0.242 e. The number of rotatable bonds is 10. The van der Waals surface area contributed by atoms with E-state index in [0.29, 0.717) is 25.9 Å². The summed E-state index contributed by atoms with van der Waals surface area (Å²) in [6.07, 6.45) is 1.86. The lowest BCUT2D eigenvalue weighted by molar-refractivity contribution is -0.140. The highest BCUT2D eigenvalue weighted by molar-refractivity contribution is 5.87. The van der Waals surface area contributed by atoms with Crippen molar-refractivity contribution in [1.82, 2.24) is 10.2 Å². The molecule has 32 heavy (non-hydrogen) atoms. The van der Waals surface area contributed by atoms with Crippen molar-refractivity contribution in [1.29, 1.82) is 0 Å². The highest BCUT2D eigenvalue weighted by Gasteiger charge is 2.25. The quantitative estimate of drug-likeness (QED) is 0.576. The number of methoxy groups -OCH3 is 1. The van der Waals surface area contributed by atoms with Crippen molar-refractivity contribution in [2.45, 2.75) is 71.9 Å². The number of ether oxygens (including phenoxy) is 1. The summed E-state index contributed by atoms with van der Waals surface area (Å²) in [5.74, 6) is 0.613. The van der Waals surface area contributed by atoms with E-state index in [0.717, 1.165) is 23.3 Å². The number of aryl methyl sites for hydroxylation is 1. The Labute approximate surface area is 193 Å². The van der Waals surface area contributed by atoms with Gasteiger partial charge in [0, 0.05) is 19.5 Å². The summed E-state index contributed by atoms with van der Waals surface area (Å²) in [7, 11) is 1.62. The molecule has 2 amide bonds. The number of hydrogen-bond acceptors (Lipinski definition) is 3. The average molecular weight is 439 g/mol. The molecule has 1 N–H and O–H groups in total. The molecule has 0 aromatic heterocycles. The molecule has 1 unspecified atom stereocenters. The molecule has 0 saturated carbocycles. The first-order valence-corrected chi connectivity index (χ1v) is 11.4. The van der Waals surface area contributed by atoms with Gasteiger partial charge in [0.05, 0.1) is 7.11 Å². The van der Waals surface area contributed by atoms with Crippen LogP contribution in [0.3, 0.4) is 0 Å². The van der Waals surface area contributed by atoms with Gasteiger partial charge in [0.25, 0.3) is 0 Å². The molecular weight excluding hydrogens is 400 g/mol. The zero-order valence-electron chi connectivity index (χ0n) is 20.4. The Hall–Kier alpha value is -2.82. The zero-order chi connectivity index (χ0) is 23.7. The van der Waals surface area contributed by atoms with Gasteiger partial charge in [-0.25, -0.2) is 0 Å². The number of hydrogen-bond donors (Lipinski definition) is 1. The van der Waals surface area contributed by atoms with E-state index in [-0.39, 0.29) is 17.2 Å². The summed E-state index contributed by atoms with van der Waals surface area (Å²) in [4.78, 5) is 27.5. The van der Waals surface area contributed by atoms with Gasteiger partial charge < -0.3 is 15.0 Å². The monoisotopic (exact) mass is 438 g/mol. The van der Waals surface area contributed by atoms with Crippen molar-refractivity contribution >= 4 is 11.8 Å². The second-order valence-electron chi connectivity index (χ2n) is 9.28. The van der Waals surface area contributed by atoms with Crippen molar-refractivity contribution in [3.63, 3.8) is 0 Å². The van der Waals surface area contributed by atoms with Crippen molar-refractivity contribution in [3.8, 4) is 5.75 Å². The van der Waals surface area contributed by atoms with Gasteiger partial charge >= 0.3 is 0 Å². The topological polar surface area (TPSA) is 58.6 Å². The summed E-state index contributed by atoms with van der Waals surface area (Å²) < 4.78 is 5.22. The predicted octanol–water partition coefficient (Wildman–Crippen LogP) is 4.87. The number of amides is 2. The highest BCUT2D eigenvalue weighted by atomic mass is 16.5.